The minimum Gasteiger partial charge on any atom is -0.468 e. The first-order valence-electron chi connectivity index (χ1n) is 3.77. The SMILES string of the molecule is COC(=O)C(C)SCC(C)C. The molecule has 0 spiro atoms. The van der Waals surface area contributed by atoms with Crippen molar-refractivity contribution in [3.63, 3.8) is 0 Å². The minimum absolute atomic E-state index is 0.0256. The van der Waals surface area contributed by atoms with Crippen molar-refractivity contribution < 1.29 is 9.53 Å². The Morgan fingerprint density at radius 3 is 2.36 bits per heavy atom. The van der Waals surface area contributed by atoms with E-state index in [1.807, 2.05) is 6.92 Å². The van der Waals surface area contributed by atoms with E-state index < -0.39 is 0 Å². The molecule has 2 nitrogen and oxygen atoms in total. The van der Waals surface area contributed by atoms with Crippen LogP contribution in [-0.2, 0) is 9.53 Å². The van der Waals surface area contributed by atoms with E-state index in [2.05, 4.69) is 18.6 Å². The fourth-order valence-corrected chi connectivity index (χ4v) is 1.48. The Hall–Kier alpha value is -0.180. The molecule has 3 heteroatoms. The van der Waals surface area contributed by atoms with Crippen LogP contribution in [0.5, 0.6) is 0 Å². The van der Waals surface area contributed by atoms with E-state index in [0.717, 1.165) is 5.75 Å². The maximum atomic E-state index is 10.9. The van der Waals surface area contributed by atoms with E-state index in [4.69, 9.17) is 0 Å². The largest absolute Gasteiger partial charge is 0.468 e. The fourth-order valence-electron chi connectivity index (χ4n) is 0.571. The molecule has 0 heterocycles. The average Bonchev–Trinajstić information content (AvgIpc) is 1.98. The third-order valence-electron chi connectivity index (χ3n) is 1.21. The van der Waals surface area contributed by atoms with Gasteiger partial charge >= 0.3 is 5.97 Å². The van der Waals surface area contributed by atoms with Crippen molar-refractivity contribution in [2.24, 2.45) is 5.92 Å². The second kappa shape index (κ2) is 5.47. The molecule has 0 fully saturated rings. The zero-order chi connectivity index (χ0) is 8.85. The van der Waals surface area contributed by atoms with Crippen molar-refractivity contribution in [3.8, 4) is 0 Å². The average molecular weight is 176 g/mol. The highest BCUT2D eigenvalue weighted by molar-refractivity contribution is 8.00. The number of carbonyl (C=O) groups excluding carboxylic acids is 1. The molecule has 0 N–H and O–H groups in total. The maximum absolute atomic E-state index is 10.9. The Labute approximate surface area is 72.7 Å². The Kier molecular flexibility index (Phi) is 5.38. The van der Waals surface area contributed by atoms with Crippen molar-refractivity contribution in [2.75, 3.05) is 12.9 Å². The Morgan fingerprint density at radius 1 is 1.45 bits per heavy atom. The summed E-state index contributed by atoms with van der Waals surface area (Å²) < 4.78 is 4.58. The lowest BCUT2D eigenvalue weighted by atomic mass is 10.3. The zero-order valence-electron chi connectivity index (χ0n) is 7.59. The molecule has 11 heavy (non-hydrogen) atoms. The van der Waals surface area contributed by atoms with Gasteiger partial charge < -0.3 is 4.74 Å². The molecule has 0 aromatic rings. The summed E-state index contributed by atoms with van der Waals surface area (Å²) in [6, 6.07) is 0. The van der Waals surface area contributed by atoms with Crippen molar-refractivity contribution in [1.29, 1.82) is 0 Å². The normalized spacial score (nSPS) is 13.2. The highest BCUT2D eigenvalue weighted by Crippen LogP contribution is 2.15. The molecule has 0 rings (SSSR count). The van der Waals surface area contributed by atoms with E-state index in [1.54, 1.807) is 11.8 Å². The van der Waals surface area contributed by atoms with Crippen LogP contribution in [-0.4, -0.2) is 24.1 Å². The van der Waals surface area contributed by atoms with Gasteiger partial charge in [0.15, 0.2) is 0 Å². The van der Waals surface area contributed by atoms with Crippen LogP contribution in [0.1, 0.15) is 20.8 Å². The van der Waals surface area contributed by atoms with Crippen LogP contribution < -0.4 is 0 Å². The molecular formula is C8H16O2S. The van der Waals surface area contributed by atoms with Crippen molar-refractivity contribution >= 4 is 17.7 Å². The van der Waals surface area contributed by atoms with Crippen LogP contribution in [0.25, 0.3) is 0 Å². The van der Waals surface area contributed by atoms with Crippen LogP contribution in [0.2, 0.25) is 0 Å². The zero-order valence-corrected chi connectivity index (χ0v) is 8.40. The lowest BCUT2D eigenvalue weighted by Gasteiger charge is -2.09. The van der Waals surface area contributed by atoms with E-state index in [9.17, 15) is 4.79 Å². The van der Waals surface area contributed by atoms with Gasteiger partial charge in [0.2, 0.25) is 0 Å². The van der Waals surface area contributed by atoms with Crippen LogP contribution in [0, 0.1) is 5.92 Å². The number of methoxy groups -OCH3 is 1. The summed E-state index contributed by atoms with van der Waals surface area (Å²) in [7, 11) is 1.43. The van der Waals surface area contributed by atoms with Gasteiger partial charge in [0.1, 0.15) is 0 Å². The molecule has 0 saturated carbocycles. The van der Waals surface area contributed by atoms with Crippen molar-refractivity contribution in [1.82, 2.24) is 0 Å². The number of ether oxygens (including phenoxy) is 1. The predicted molar refractivity (Wildman–Crippen MR) is 48.8 cm³/mol. The summed E-state index contributed by atoms with van der Waals surface area (Å²) in [4.78, 5) is 10.9. The van der Waals surface area contributed by atoms with E-state index in [-0.39, 0.29) is 11.2 Å². The molecule has 1 unspecified atom stereocenters. The summed E-state index contributed by atoms with van der Waals surface area (Å²) >= 11 is 1.64. The van der Waals surface area contributed by atoms with Gasteiger partial charge in [0, 0.05) is 0 Å². The van der Waals surface area contributed by atoms with E-state index in [0.29, 0.717) is 5.92 Å². The van der Waals surface area contributed by atoms with Crippen LogP contribution >= 0.6 is 11.8 Å². The standard InChI is InChI=1S/C8H16O2S/c1-6(2)5-11-7(3)8(9)10-4/h6-7H,5H2,1-4H3. The number of hydrogen-bond acceptors (Lipinski definition) is 3. The second-order valence-electron chi connectivity index (χ2n) is 2.89. The van der Waals surface area contributed by atoms with Gasteiger partial charge in [0.05, 0.1) is 12.4 Å². The second-order valence-corrected chi connectivity index (χ2v) is 4.27. The Balaban J connectivity index is 3.52. The highest BCUT2D eigenvalue weighted by atomic mass is 32.2. The van der Waals surface area contributed by atoms with Gasteiger partial charge in [0.25, 0.3) is 0 Å². The summed E-state index contributed by atoms with van der Waals surface area (Å²) in [6.07, 6.45) is 0. The maximum Gasteiger partial charge on any atom is 0.318 e. The molecule has 0 amide bonds. The quantitative estimate of drug-likeness (QED) is 0.612. The number of hydrogen-bond donors (Lipinski definition) is 0. The molecule has 0 aliphatic heterocycles. The third-order valence-corrected chi connectivity index (χ3v) is 2.76. The number of thioether (sulfide) groups is 1. The summed E-state index contributed by atoms with van der Waals surface area (Å²) in [5, 5.41) is -0.0256. The Bertz CT molecular complexity index is 123. The smallest absolute Gasteiger partial charge is 0.318 e. The first-order chi connectivity index (χ1) is 5.07. The van der Waals surface area contributed by atoms with Gasteiger partial charge in [-0.25, -0.2) is 0 Å². The summed E-state index contributed by atoms with van der Waals surface area (Å²) in [5.74, 6) is 1.51. The lowest BCUT2D eigenvalue weighted by Crippen LogP contribution is -2.16. The topological polar surface area (TPSA) is 26.3 Å². The van der Waals surface area contributed by atoms with Gasteiger partial charge in [-0.3, -0.25) is 4.79 Å². The molecule has 0 saturated heterocycles. The predicted octanol–water partition coefficient (Wildman–Crippen LogP) is 1.94. The molecule has 0 aliphatic rings. The van der Waals surface area contributed by atoms with E-state index in [1.165, 1.54) is 7.11 Å². The Morgan fingerprint density at radius 2 is 2.00 bits per heavy atom. The molecular weight excluding hydrogens is 160 g/mol. The van der Waals surface area contributed by atoms with E-state index >= 15 is 0 Å². The number of esters is 1. The summed E-state index contributed by atoms with van der Waals surface area (Å²) in [6.45, 7) is 6.15. The van der Waals surface area contributed by atoms with Crippen molar-refractivity contribution in [2.45, 2.75) is 26.0 Å². The molecule has 0 radical (unpaired) electrons. The molecule has 66 valence electrons. The lowest BCUT2D eigenvalue weighted by molar-refractivity contribution is -0.139. The van der Waals surface area contributed by atoms with Gasteiger partial charge in [-0.15, -0.1) is 11.8 Å². The first-order valence-corrected chi connectivity index (χ1v) is 4.82. The third kappa shape index (κ3) is 5.13. The number of carbonyl (C=O) groups is 1. The number of rotatable bonds is 4. The molecule has 0 aromatic heterocycles. The van der Waals surface area contributed by atoms with Gasteiger partial charge in [-0.1, -0.05) is 13.8 Å². The first kappa shape index (κ1) is 10.8. The molecule has 0 aromatic carbocycles. The van der Waals surface area contributed by atoms with Crippen molar-refractivity contribution in [3.05, 3.63) is 0 Å². The van der Waals surface area contributed by atoms with Crippen LogP contribution in [0.3, 0.4) is 0 Å². The molecule has 1 atom stereocenters. The molecule has 0 aliphatic carbocycles. The fraction of sp³-hybridized carbons (Fsp3) is 0.875. The molecule has 0 bridgehead atoms. The minimum atomic E-state index is -0.129. The van der Waals surface area contributed by atoms with Crippen LogP contribution in [0.15, 0.2) is 0 Å². The highest BCUT2D eigenvalue weighted by Gasteiger charge is 2.13. The summed E-state index contributed by atoms with van der Waals surface area (Å²) in [5.41, 5.74) is 0. The van der Waals surface area contributed by atoms with Gasteiger partial charge in [-0.2, -0.15) is 0 Å². The van der Waals surface area contributed by atoms with Gasteiger partial charge in [-0.05, 0) is 18.6 Å². The van der Waals surface area contributed by atoms with Crippen LogP contribution in [0.4, 0.5) is 0 Å². The monoisotopic (exact) mass is 176 g/mol.